The lowest BCUT2D eigenvalue weighted by Gasteiger charge is -2.20. The number of aromatic nitrogens is 1. The van der Waals surface area contributed by atoms with Gasteiger partial charge in [0.1, 0.15) is 5.56 Å². The Morgan fingerprint density at radius 2 is 1.86 bits per heavy atom. The van der Waals surface area contributed by atoms with E-state index in [1.807, 2.05) is 20.8 Å². The zero-order chi connectivity index (χ0) is 15.1. The number of amides is 1. The largest absolute Gasteiger partial charge is 0.349 e. The molecule has 1 heterocycles. The summed E-state index contributed by atoms with van der Waals surface area (Å²) in [5.74, 6) is 1.21. The van der Waals surface area contributed by atoms with E-state index in [4.69, 9.17) is 0 Å². The first kappa shape index (κ1) is 14.4. The second kappa shape index (κ2) is 5.32. The molecule has 3 rings (SSSR count). The van der Waals surface area contributed by atoms with Gasteiger partial charge in [0.05, 0.1) is 0 Å². The van der Waals surface area contributed by atoms with Crippen LogP contribution in [0.2, 0.25) is 0 Å². The molecule has 1 aromatic rings. The highest BCUT2D eigenvalue weighted by Gasteiger charge is 2.40. The van der Waals surface area contributed by atoms with Gasteiger partial charge in [-0.25, -0.2) is 0 Å². The van der Waals surface area contributed by atoms with Gasteiger partial charge >= 0.3 is 0 Å². The summed E-state index contributed by atoms with van der Waals surface area (Å²) < 4.78 is 0. The van der Waals surface area contributed by atoms with Gasteiger partial charge in [0.15, 0.2) is 0 Å². The molecule has 2 saturated carbocycles. The minimum absolute atomic E-state index is 0.200. The fraction of sp³-hybridized carbons (Fsp3) is 0.647. The van der Waals surface area contributed by atoms with E-state index in [2.05, 4.69) is 10.3 Å². The maximum atomic E-state index is 12.6. The Morgan fingerprint density at radius 3 is 2.62 bits per heavy atom. The lowest BCUT2D eigenvalue weighted by molar-refractivity contribution is 0.0924. The molecular weight excluding hydrogens is 264 g/mol. The van der Waals surface area contributed by atoms with Gasteiger partial charge in [-0.1, -0.05) is 12.8 Å². The molecule has 4 nitrogen and oxygen atoms in total. The van der Waals surface area contributed by atoms with Gasteiger partial charge in [-0.15, -0.1) is 0 Å². The third kappa shape index (κ3) is 2.41. The predicted octanol–water partition coefficient (Wildman–Crippen LogP) is 2.61. The van der Waals surface area contributed by atoms with Crippen LogP contribution in [0, 0.1) is 32.6 Å². The molecule has 0 aromatic carbocycles. The molecule has 0 saturated heterocycles. The van der Waals surface area contributed by atoms with Gasteiger partial charge in [-0.05, 0) is 63.0 Å². The van der Waals surface area contributed by atoms with E-state index in [9.17, 15) is 9.59 Å². The van der Waals surface area contributed by atoms with Gasteiger partial charge in [-0.3, -0.25) is 9.59 Å². The van der Waals surface area contributed by atoms with Crippen LogP contribution < -0.4 is 10.9 Å². The van der Waals surface area contributed by atoms with Crippen molar-refractivity contribution in [3.8, 4) is 0 Å². The first-order chi connectivity index (χ1) is 9.99. The molecule has 3 atom stereocenters. The van der Waals surface area contributed by atoms with E-state index in [0.29, 0.717) is 11.5 Å². The predicted molar refractivity (Wildman–Crippen MR) is 82.6 cm³/mol. The molecule has 0 bridgehead atoms. The topological polar surface area (TPSA) is 62.0 Å². The number of nitrogens with one attached hydrogen (secondary N) is 2. The zero-order valence-electron chi connectivity index (χ0n) is 13.1. The van der Waals surface area contributed by atoms with Gasteiger partial charge in [0.25, 0.3) is 11.5 Å². The molecule has 0 aliphatic heterocycles. The fourth-order valence-corrected chi connectivity index (χ4v) is 4.22. The number of hydrogen-bond donors (Lipinski definition) is 2. The molecule has 4 heteroatoms. The van der Waals surface area contributed by atoms with Gasteiger partial charge in [0.2, 0.25) is 0 Å². The molecular formula is C17H24N2O2. The Kier molecular flexibility index (Phi) is 3.64. The van der Waals surface area contributed by atoms with Gasteiger partial charge in [0, 0.05) is 11.7 Å². The monoisotopic (exact) mass is 288 g/mol. The summed E-state index contributed by atoms with van der Waals surface area (Å²) >= 11 is 0. The van der Waals surface area contributed by atoms with Crippen molar-refractivity contribution in [2.75, 3.05) is 0 Å². The van der Waals surface area contributed by atoms with Crippen molar-refractivity contribution in [3.05, 3.63) is 32.7 Å². The summed E-state index contributed by atoms with van der Waals surface area (Å²) in [5.41, 5.74) is 2.65. The second-order valence-electron chi connectivity index (χ2n) is 6.72. The Hall–Kier alpha value is -1.58. The number of H-pyrrole nitrogens is 1. The Labute approximate surface area is 125 Å². The van der Waals surface area contributed by atoms with E-state index >= 15 is 0 Å². The van der Waals surface area contributed by atoms with E-state index in [1.54, 1.807) is 0 Å². The number of fused-ring (bicyclic) bond motifs is 1. The van der Waals surface area contributed by atoms with Crippen molar-refractivity contribution in [1.82, 2.24) is 10.3 Å². The number of hydrogen-bond acceptors (Lipinski definition) is 2. The summed E-state index contributed by atoms with van der Waals surface area (Å²) in [7, 11) is 0. The van der Waals surface area contributed by atoms with E-state index in [-0.39, 0.29) is 17.5 Å². The minimum Gasteiger partial charge on any atom is -0.349 e. The summed E-state index contributed by atoms with van der Waals surface area (Å²) in [5, 5.41) is 3.14. The molecule has 0 spiro atoms. The highest BCUT2D eigenvalue weighted by molar-refractivity contribution is 5.95. The zero-order valence-corrected chi connectivity index (χ0v) is 13.1. The molecule has 2 fully saturated rings. The fourth-order valence-electron chi connectivity index (χ4n) is 4.22. The molecule has 114 valence electrons. The molecule has 21 heavy (non-hydrogen) atoms. The average Bonchev–Trinajstić information content (AvgIpc) is 3.01. The van der Waals surface area contributed by atoms with Crippen LogP contribution in [0.25, 0.3) is 0 Å². The van der Waals surface area contributed by atoms with Crippen LogP contribution in [0.5, 0.6) is 0 Å². The van der Waals surface area contributed by atoms with E-state index < -0.39 is 0 Å². The summed E-state index contributed by atoms with van der Waals surface area (Å²) in [6, 6.07) is 0.255. The van der Waals surface area contributed by atoms with Crippen molar-refractivity contribution in [3.63, 3.8) is 0 Å². The van der Waals surface area contributed by atoms with E-state index in [0.717, 1.165) is 29.2 Å². The number of aryl methyl sites for hydroxylation is 1. The molecule has 1 aromatic heterocycles. The maximum Gasteiger partial charge on any atom is 0.261 e. The van der Waals surface area contributed by atoms with Crippen molar-refractivity contribution >= 4 is 5.91 Å². The van der Waals surface area contributed by atoms with Gasteiger partial charge in [-0.2, -0.15) is 0 Å². The number of carbonyl (C=O) groups excluding carboxylic acids is 1. The Balaban J connectivity index is 1.83. The number of carbonyl (C=O) groups is 1. The van der Waals surface area contributed by atoms with E-state index in [1.165, 1.54) is 25.7 Å². The van der Waals surface area contributed by atoms with Crippen LogP contribution in [-0.2, 0) is 0 Å². The van der Waals surface area contributed by atoms with Crippen molar-refractivity contribution in [2.24, 2.45) is 11.8 Å². The van der Waals surface area contributed by atoms with Gasteiger partial charge < -0.3 is 10.3 Å². The highest BCUT2D eigenvalue weighted by atomic mass is 16.2. The van der Waals surface area contributed by atoms with Crippen LogP contribution in [0.4, 0.5) is 0 Å². The van der Waals surface area contributed by atoms with Crippen LogP contribution in [-0.4, -0.2) is 16.9 Å². The Bertz CT molecular complexity index is 632. The smallest absolute Gasteiger partial charge is 0.261 e. The molecule has 2 N–H and O–H groups in total. The maximum absolute atomic E-state index is 12.6. The third-order valence-corrected chi connectivity index (χ3v) is 5.65. The van der Waals surface area contributed by atoms with Crippen LogP contribution >= 0.6 is 0 Å². The number of rotatable bonds is 2. The van der Waals surface area contributed by atoms with Crippen molar-refractivity contribution in [1.29, 1.82) is 0 Å². The van der Waals surface area contributed by atoms with Crippen LogP contribution in [0.3, 0.4) is 0 Å². The number of aromatic amines is 1. The summed E-state index contributed by atoms with van der Waals surface area (Å²) in [4.78, 5) is 27.5. The summed E-state index contributed by atoms with van der Waals surface area (Å²) in [6.07, 6.45) is 6.09. The average molecular weight is 288 g/mol. The first-order valence-electron chi connectivity index (χ1n) is 8.00. The van der Waals surface area contributed by atoms with Crippen molar-refractivity contribution in [2.45, 2.75) is 58.9 Å². The normalized spacial score (nSPS) is 27.7. The summed E-state index contributed by atoms with van der Waals surface area (Å²) in [6.45, 7) is 5.67. The van der Waals surface area contributed by atoms with Crippen molar-refractivity contribution < 1.29 is 4.79 Å². The lowest BCUT2D eigenvalue weighted by Crippen LogP contribution is -2.40. The molecule has 0 unspecified atom stereocenters. The molecule has 2 aliphatic rings. The Morgan fingerprint density at radius 1 is 1.10 bits per heavy atom. The second-order valence-corrected chi connectivity index (χ2v) is 6.72. The third-order valence-electron chi connectivity index (χ3n) is 5.65. The molecule has 2 aliphatic carbocycles. The molecule has 1 amide bonds. The first-order valence-corrected chi connectivity index (χ1v) is 8.00. The van der Waals surface area contributed by atoms with Crippen LogP contribution in [0.15, 0.2) is 4.79 Å². The lowest BCUT2D eigenvalue weighted by atomic mass is 9.97. The quantitative estimate of drug-likeness (QED) is 0.878. The molecule has 0 radical (unpaired) electrons. The SMILES string of the molecule is Cc1[nH]c(=O)c(C(=O)N[C@@H]2CC[C@H]3CCC[C@H]32)c(C)c1C. The standard InChI is InChI=1S/C17H24N2O2/c1-9-10(2)15(16(20)18-11(9)3)17(21)19-14-8-7-12-5-4-6-13(12)14/h12-14H,4-8H2,1-3H3,(H,18,20)(H,19,21)/t12-,13-,14-/m1/s1. The number of pyridine rings is 1. The van der Waals surface area contributed by atoms with Crippen LogP contribution in [0.1, 0.15) is 59.3 Å². The highest BCUT2D eigenvalue weighted by Crippen LogP contribution is 2.44. The minimum atomic E-state index is -0.269.